The van der Waals surface area contributed by atoms with E-state index in [1.807, 2.05) is 0 Å². The fourth-order valence-corrected chi connectivity index (χ4v) is 12.0. The van der Waals surface area contributed by atoms with Crippen molar-refractivity contribution in [1.29, 1.82) is 0 Å². The molecule has 0 saturated carbocycles. The van der Waals surface area contributed by atoms with Crippen molar-refractivity contribution in [2.75, 3.05) is 45.2 Å². The molecule has 4 aromatic rings. The van der Waals surface area contributed by atoms with Gasteiger partial charge in [0.25, 0.3) is 0 Å². The third kappa shape index (κ3) is 13.3. The number of allylic oxidation sites excluding steroid dienone is 2. The van der Waals surface area contributed by atoms with Gasteiger partial charge in [0.2, 0.25) is 0 Å². The third-order valence-corrected chi connectivity index (χ3v) is 17.0. The number of H-pyrrole nitrogens is 1. The number of carbonyl (C=O) groups is 4. The molecule has 8 unspecified atom stereocenters. The first-order valence-corrected chi connectivity index (χ1v) is 30.7. The predicted molar refractivity (Wildman–Crippen MR) is 295 cm³/mol. The Morgan fingerprint density at radius 1 is 1.03 bits per heavy atom. The van der Waals surface area contributed by atoms with Crippen molar-refractivity contribution in [3.63, 3.8) is 0 Å². The zero-order valence-electron chi connectivity index (χ0n) is 43.5. The van der Waals surface area contributed by atoms with Crippen LogP contribution in [-0.2, 0) is 77.3 Å². The number of aromatic hydroxyl groups is 1. The van der Waals surface area contributed by atoms with Crippen LogP contribution in [0.2, 0.25) is 0 Å². The number of aromatic nitrogens is 2. The number of phenolic OH excluding ortho intramolecular Hbond substituents is 1. The highest BCUT2D eigenvalue weighted by Gasteiger charge is 2.48. The van der Waals surface area contributed by atoms with Crippen LogP contribution in [-0.4, -0.2) is 164 Å². The number of amides is 2. The number of nitrogens with zero attached hydrogens (tertiary/aromatic N) is 2. The number of Topliss-reactive ketones (excluding diaryl/α,β-unsaturated/α-hetero) is 2. The number of hydrogen-bond acceptors (Lipinski definition) is 18. The number of nitrogens with one attached hydrogen (secondary N) is 2. The second-order valence-electron chi connectivity index (χ2n) is 19.4. The molecule has 23 heteroatoms. The Balaban J connectivity index is 1.13. The zero-order chi connectivity index (χ0) is 56.1. The van der Waals surface area contributed by atoms with E-state index in [-0.39, 0.29) is 58.3 Å². The number of benzene rings is 2. The zero-order valence-corrected chi connectivity index (χ0v) is 46.8. The minimum Gasteiger partial charge on any atom is -0.508 e. The molecule has 4 heterocycles. The van der Waals surface area contributed by atoms with Crippen molar-refractivity contribution < 1.29 is 71.0 Å². The molecular formula is C55H60N4O15S4. The monoisotopic (exact) mass is 1140 g/mol. The number of ketones is 2. The molecule has 2 aromatic heterocycles. The summed E-state index contributed by atoms with van der Waals surface area (Å²) < 4.78 is 69.4. The van der Waals surface area contributed by atoms with Gasteiger partial charge in [0.1, 0.15) is 36.3 Å². The summed E-state index contributed by atoms with van der Waals surface area (Å²) in [5.41, 5.74) is 1.64. The number of sulfone groups is 1. The molecule has 19 nitrogen and oxygen atoms in total. The summed E-state index contributed by atoms with van der Waals surface area (Å²) in [5.74, 6) is 9.78. The maximum absolute atomic E-state index is 15.0. The lowest BCUT2D eigenvalue weighted by atomic mass is 9.86. The average Bonchev–Trinajstić information content (AvgIpc) is 3.88. The number of hydrogen-bond donors (Lipinski definition) is 4. The minimum absolute atomic E-state index is 0.0322. The van der Waals surface area contributed by atoms with E-state index in [9.17, 15) is 37.8 Å². The second kappa shape index (κ2) is 24.9. The number of aliphatic hydroxyl groups is 1. The molecule has 0 spiro atoms. The van der Waals surface area contributed by atoms with Crippen LogP contribution in [0, 0.1) is 29.6 Å². The number of alkyl carbamates (subject to hydrolysis) is 1. The largest absolute Gasteiger partial charge is 0.508 e. The molecule has 2 amide bonds. The second-order valence-corrected chi connectivity index (χ2v) is 28.7. The van der Waals surface area contributed by atoms with Crippen LogP contribution in [0.5, 0.6) is 5.75 Å². The lowest BCUT2D eigenvalue weighted by Gasteiger charge is -2.45. The van der Waals surface area contributed by atoms with Crippen molar-refractivity contribution in [2.24, 2.45) is 5.92 Å². The molecule has 10 atom stereocenters. The molecule has 2 saturated heterocycles. The maximum Gasteiger partial charge on any atom is 0.410 e. The highest BCUT2D eigenvalue weighted by molar-refractivity contribution is 8.56. The average molecular weight is 1150 g/mol. The summed E-state index contributed by atoms with van der Waals surface area (Å²) >= 11 is 11.2. The maximum atomic E-state index is 15.0. The number of pyridine rings is 1. The molecule has 4 aliphatic rings. The van der Waals surface area contributed by atoms with Crippen molar-refractivity contribution in [3.8, 4) is 29.4 Å². The summed E-state index contributed by atoms with van der Waals surface area (Å²) in [4.78, 5) is 65.0. The molecule has 2 aliphatic heterocycles. The third-order valence-electron chi connectivity index (χ3n) is 13.7. The lowest BCUT2D eigenvalue weighted by molar-refractivity contribution is -0.306. The summed E-state index contributed by atoms with van der Waals surface area (Å²) in [7, 11) is -3.20. The van der Waals surface area contributed by atoms with Crippen molar-refractivity contribution in [2.45, 2.75) is 106 Å². The summed E-state index contributed by atoms with van der Waals surface area (Å²) in [6, 6.07) is 11.8. The number of fused-ring (bicyclic) bond motifs is 3. The van der Waals surface area contributed by atoms with Crippen LogP contribution in [0.25, 0.3) is 21.8 Å². The molecule has 4 N–H and O–H groups in total. The van der Waals surface area contributed by atoms with Gasteiger partial charge in [0, 0.05) is 65.4 Å². The van der Waals surface area contributed by atoms with E-state index in [0.29, 0.717) is 21.8 Å². The molecule has 2 aliphatic carbocycles. The van der Waals surface area contributed by atoms with Crippen molar-refractivity contribution in [1.82, 2.24) is 20.2 Å². The summed E-state index contributed by atoms with van der Waals surface area (Å²) in [6.07, 6.45) is -2.36. The van der Waals surface area contributed by atoms with Crippen LogP contribution in [0.3, 0.4) is 0 Å². The van der Waals surface area contributed by atoms with Crippen LogP contribution in [0.15, 0.2) is 101 Å². The van der Waals surface area contributed by atoms with E-state index in [4.69, 9.17) is 55.5 Å². The molecule has 78 heavy (non-hydrogen) atoms. The Labute approximate surface area is 461 Å². The van der Waals surface area contributed by atoms with Gasteiger partial charge in [-0.1, -0.05) is 55.1 Å². The van der Waals surface area contributed by atoms with Crippen LogP contribution in [0.4, 0.5) is 9.59 Å². The van der Waals surface area contributed by atoms with E-state index >= 15 is 0 Å². The Morgan fingerprint density at radius 3 is 2.50 bits per heavy atom. The molecule has 2 fully saturated rings. The number of methoxy groups -OCH3 is 2. The van der Waals surface area contributed by atoms with Gasteiger partial charge < -0.3 is 53.7 Å². The topological polar surface area (TPSA) is 251 Å². The fourth-order valence-electron chi connectivity index (χ4n) is 9.95. The number of phenols is 1. The van der Waals surface area contributed by atoms with Crippen LogP contribution < -0.4 is 5.32 Å². The molecule has 414 valence electrons. The quantitative estimate of drug-likeness (QED) is 0.0837. The van der Waals surface area contributed by atoms with Crippen molar-refractivity contribution in [3.05, 3.63) is 101 Å². The number of ether oxygens (including phenoxy) is 7. The van der Waals surface area contributed by atoms with Gasteiger partial charge in [-0.05, 0) is 110 Å². The van der Waals surface area contributed by atoms with E-state index in [1.165, 1.54) is 48.6 Å². The summed E-state index contributed by atoms with van der Waals surface area (Å²) in [5, 5.41) is 26.1. The van der Waals surface area contributed by atoms with E-state index in [1.54, 1.807) is 69.5 Å². The van der Waals surface area contributed by atoms with Gasteiger partial charge in [-0.3, -0.25) is 19.5 Å². The number of aromatic amines is 1. The lowest BCUT2D eigenvalue weighted by Crippen LogP contribution is -2.58. The SMILES string of the molecule is COC(=O)NC1C(=O)C[C@H](O)/C(=C/CS(C)(=S)=S)C2=C1C#C/C=C\C#C[C@@H]2OC1OC(C)C(C(=O)c2nccc3c2[nH]c2ccc(O)cc23)CC1OC1CC(OC)C(N(C(=O)OCCS(=O)(=O)c2ccccc2)C(C)C)CO1. The molecule has 0 bridgehead atoms. The Morgan fingerprint density at radius 2 is 1.78 bits per heavy atom. The van der Waals surface area contributed by atoms with Gasteiger partial charge in [-0.2, -0.15) is 0 Å². The molecule has 2 aromatic carbocycles. The Hall–Kier alpha value is -6.09. The van der Waals surface area contributed by atoms with Crippen LogP contribution >= 0.6 is 0 Å². The summed E-state index contributed by atoms with van der Waals surface area (Å²) in [6.45, 7) is 4.72. The number of carbonyl (C=O) groups excluding carboxylic acids is 4. The Bertz CT molecular complexity index is 3410. The van der Waals surface area contributed by atoms with Crippen molar-refractivity contribution >= 4 is 84.9 Å². The van der Waals surface area contributed by atoms with E-state index in [2.05, 4.69) is 39.0 Å². The molecule has 0 radical (unpaired) electrons. The molecule has 8 rings (SSSR count). The minimum atomic E-state index is -3.75. The van der Waals surface area contributed by atoms with Gasteiger partial charge in [-0.25, -0.2) is 18.0 Å². The fraction of sp³-hybridized carbons (Fsp3) is 0.436. The normalized spacial score (nSPS) is 26.5. The first kappa shape index (κ1) is 58.1. The first-order chi connectivity index (χ1) is 37.2. The van der Waals surface area contributed by atoms with Gasteiger partial charge >= 0.3 is 12.2 Å². The number of rotatable bonds is 16. The highest BCUT2D eigenvalue weighted by atomic mass is 33.1. The molecular weight excluding hydrogens is 1080 g/mol. The highest BCUT2D eigenvalue weighted by Crippen LogP contribution is 2.39. The number of aliphatic hydroxyl groups excluding tert-OH is 1. The predicted octanol–water partition coefficient (Wildman–Crippen LogP) is 5.14. The van der Waals surface area contributed by atoms with Gasteiger partial charge in [-0.15, -0.1) is 0 Å². The standard InChI is InChI=1S/C55H60N4O15S4/c1-31(2)59(55(65)70-23-25-78(66,67)34-14-10-9-11-15-34)41-30-71-47(29-45(41)68-4)73-46-27-38(52(63)51-50-35(20-22-56-51)39-26-33(60)18-19-40(39)57-50)32(3)72-53(46)74-44-17-13-8-7-12-16-37-48(44)36(21-24-77(6,75)76)42(61)28-43(62)49(37)58-54(64)69-5/h7-11,14-15,18-22,26,31-32,38,41-42,44-47,49,53,57,60-61H,23-25,27-30H2,1-6H3,(H,58,64)/b8-7-,36-21-/t32?,38?,41?,42-,44-,45?,46?,47?,49?,53?/m0/s1. The van der Waals surface area contributed by atoms with E-state index in [0.717, 1.165) is 7.11 Å². The first-order valence-electron chi connectivity index (χ1n) is 25.0. The van der Waals surface area contributed by atoms with Gasteiger partial charge in [0.15, 0.2) is 34.0 Å². The van der Waals surface area contributed by atoms with Gasteiger partial charge in [0.05, 0.1) is 60.2 Å². The van der Waals surface area contributed by atoms with Crippen LogP contribution in [0.1, 0.15) is 50.5 Å². The smallest absolute Gasteiger partial charge is 0.410 e. The Kier molecular flexibility index (Phi) is 18.6. The van der Waals surface area contributed by atoms with E-state index < -0.39 is 127 Å².